The van der Waals surface area contributed by atoms with Crippen LogP contribution in [0.15, 0.2) is 11.0 Å². The highest BCUT2D eigenvalue weighted by Gasteiger charge is 2.14. The van der Waals surface area contributed by atoms with Crippen molar-refractivity contribution < 1.29 is 0 Å². The molecule has 20 heavy (non-hydrogen) atoms. The van der Waals surface area contributed by atoms with Gasteiger partial charge >= 0.3 is 0 Å². The Morgan fingerprint density at radius 1 is 1.50 bits per heavy atom. The summed E-state index contributed by atoms with van der Waals surface area (Å²) in [5.74, 6) is 0.439. The first-order valence-corrected chi connectivity index (χ1v) is 7.48. The molecule has 0 bridgehead atoms. The van der Waals surface area contributed by atoms with Crippen LogP contribution in [0.25, 0.3) is 0 Å². The standard InChI is InChI=1S/C14H25ClN4O/c1-5-7-19-14(20)13(15)12(9-17-19)18(4)8-6-11(16)10(2)3/h9-11H,5-8,16H2,1-4H3. The van der Waals surface area contributed by atoms with E-state index in [1.54, 1.807) is 6.20 Å². The van der Waals surface area contributed by atoms with Crippen LogP contribution < -0.4 is 16.2 Å². The molecule has 6 heteroatoms. The number of nitrogens with zero attached hydrogens (tertiary/aromatic N) is 3. The van der Waals surface area contributed by atoms with Gasteiger partial charge in [0, 0.05) is 26.2 Å². The molecule has 0 aliphatic carbocycles. The maximum Gasteiger partial charge on any atom is 0.287 e. The molecule has 1 heterocycles. The van der Waals surface area contributed by atoms with E-state index in [1.807, 2.05) is 18.9 Å². The molecule has 0 amide bonds. The summed E-state index contributed by atoms with van der Waals surface area (Å²) < 4.78 is 1.40. The minimum Gasteiger partial charge on any atom is -0.372 e. The van der Waals surface area contributed by atoms with Crippen molar-refractivity contribution in [3.63, 3.8) is 0 Å². The first-order chi connectivity index (χ1) is 9.38. The van der Waals surface area contributed by atoms with E-state index < -0.39 is 0 Å². The molecule has 2 N–H and O–H groups in total. The Bertz CT molecular complexity index is 487. The van der Waals surface area contributed by atoms with Gasteiger partial charge in [0.1, 0.15) is 5.02 Å². The Kier molecular flexibility index (Phi) is 6.49. The van der Waals surface area contributed by atoms with E-state index in [0.717, 1.165) is 19.4 Å². The van der Waals surface area contributed by atoms with E-state index in [9.17, 15) is 4.79 Å². The number of hydrogen-bond donors (Lipinski definition) is 1. The molecule has 1 atom stereocenters. The van der Waals surface area contributed by atoms with Gasteiger partial charge in [-0.2, -0.15) is 5.10 Å². The van der Waals surface area contributed by atoms with Crippen LogP contribution in [-0.4, -0.2) is 29.4 Å². The molecule has 0 radical (unpaired) electrons. The monoisotopic (exact) mass is 300 g/mol. The van der Waals surface area contributed by atoms with Crippen molar-refractivity contribution in [1.82, 2.24) is 9.78 Å². The van der Waals surface area contributed by atoms with Crippen LogP contribution in [-0.2, 0) is 6.54 Å². The van der Waals surface area contributed by atoms with Gasteiger partial charge in [-0.15, -0.1) is 0 Å². The van der Waals surface area contributed by atoms with Crippen molar-refractivity contribution in [2.75, 3.05) is 18.5 Å². The zero-order chi connectivity index (χ0) is 15.3. The van der Waals surface area contributed by atoms with Gasteiger partial charge in [0.05, 0.1) is 11.9 Å². The van der Waals surface area contributed by atoms with Gasteiger partial charge in [0.25, 0.3) is 5.56 Å². The largest absolute Gasteiger partial charge is 0.372 e. The van der Waals surface area contributed by atoms with E-state index in [1.165, 1.54) is 4.68 Å². The number of aromatic nitrogens is 2. The molecule has 5 nitrogen and oxygen atoms in total. The third-order valence-electron chi connectivity index (χ3n) is 3.47. The minimum atomic E-state index is -0.231. The molecule has 0 aromatic carbocycles. The number of hydrogen-bond acceptors (Lipinski definition) is 4. The van der Waals surface area contributed by atoms with Crippen molar-refractivity contribution in [2.45, 2.75) is 46.2 Å². The Labute approximate surface area is 125 Å². The van der Waals surface area contributed by atoms with E-state index in [2.05, 4.69) is 18.9 Å². The summed E-state index contributed by atoms with van der Waals surface area (Å²) in [5.41, 5.74) is 6.47. The van der Waals surface area contributed by atoms with Gasteiger partial charge in [-0.1, -0.05) is 32.4 Å². The van der Waals surface area contributed by atoms with E-state index in [0.29, 0.717) is 18.2 Å². The summed E-state index contributed by atoms with van der Waals surface area (Å²) >= 11 is 6.16. The molecule has 1 aromatic rings. The van der Waals surface area contributed by atoms with Crippen LogP contribution in [0.2, 0.25) is 5.02 Å². The average Bonchev–Trinajstić information content (AvgIpc) is 2.41. The average molecular weight is 301 g/mol. The Morgan fingerprint density at radius 3 is 2.70 bits per heavy atom. The summed E-state index contributed by atoms with van der Waals surface area (Å²) in [5, 5.41) is 4.39. The van der Waals surface area contributed by atoms with Crippen molar-refractivity contribution in [3.8, 4) is 0 Å². The number of rotatable bonds is 7. The fourth-order valence-corrected chi connectivity index (χ4v) is 2.18. The quantitative estimate of drug-likeness (QED) is 0.838. The Morgan fingerprint density at radius 2 is 2.15 bits per heavy atom. The molecule has 0 fully saturated rings. The van der Waals surface area contributed by atoms with Gasteiger partial charge in [-0.25, -0.2) is 4.68 Å². The lowest BCUT2D eigenvalue weighted by molar-refractivity contribution is 0.466. The van der Waals surface area contributed by atoms with Crippen molar-refractivity contribution in [3.05, 3.63) is 21.6 Å². The molecule has 114 valence electrons. The Hall–Kier alpha value is -1.07. The smallest absolute Gasteiger partial charge is 0.287 e. The van der Waals surface area contributed by atoms with Crippen LogP contribution in [0.1, 0.15) is 33.6 Å². The summed E-state index contributed by atoms with van der Waals surface area (Å²) in [4.78, 5) is 14.0. The second-order valence-corrected chi connectivity index (χ2v) is 5.87. The lowest BCUT2D eigenvalue weighted by Gasteiger charge is -2.23. The second-order valence-electron chi connectivity index (χ2n) is 5.49. The van der Waals surface area contributed by atoms with Crippen LogP contribution in [0.4, 0.5) is 5.69 Å². The molecule has 0 aliphatic heterocycles. The van der Waals surface area contributed by atoms with Gasteiger partial charge in [-0.3, -0.25) is 4.79 Å². The molecule has 1 unspecified atom stereocenters. The van der Waals surface area contributed by atoms with E-state index >= 15 is 0 Å². The van der Waals surface area contributed by atoms with Crippen LogP contribution in [0.3, 0.4) is 0 Å². The van der Waals surface area contributed by atoms with Crippen molar-refractivity contribution in [1.29, 1.82) is 0 Å². The zero-order valence-corrected chi connectivity index (χ0v) is 13.5. The fraction of sp³-hybridized carbons (Fsp3) is 0.714. The molecule has 0 saturated heterocycles. The second kappa shape index (κ2) is 7.64. The van der Waals surface area contributed by atoms with Crippen molar-refractivity contribution >= 4 is 17.3 Å². The van der Waals surface area contributed by atoms with Crippen LogP contribution >= 0.6 is 11.6 Å². The Balaban J connectivity index is 2.81. The molecule has 0 spiro atoms. The highest BCUT2D eigenvalue weighted by atomic mass is 35.5. The van der Waals surface area contributed by atoms with E-state index in [-0.39, 0.29) is 16.6 Å². The van der Waals surface area contributed by atoms with Crippen molar-refractivity contribution in [2.24, 2.45) is 11.7 Å². The van der Waals surface area contributed by atoms with Crippen LogP contribution in [0.5, 0.6) is 0 Å². The summed E-state index contributed by atoms with van der Waals surface area (Å²) in [6, 6.07) is 0.143. The predicted octanol–water partition coefficient (Wildman–Crippen LogP) is 2.12. The molecule has 1 rings (SSSR count). The molecule has 0 aliphatic rings. The molecular formula is C14H25ClN4O. The van der Waals surface area contributed by atoms with E-state index in [4.69, 9.17) is 17.3 Å². The first kappa shape index (κ1) is 17.0. The SMILES string of the molecule is CCCn1ncc(N(C)CCC(N)C(C)C)c(Cl)c1=O. The summed E-state index contributed by atoms with van der Waals surface area (Å²) in [6.45, 7) is 7.53. The highest BCUT2D eigenvalue weighted by Crippen LogP contribution is 2.20. The highest BCUT2D eigenvalue weighted by molar-refractivity contribution is 6.33. The van der Waals surface area contributed by atoms with Gasteiger partial charge in [0.2, 0.25) is 0 Å². The minimum absolute atomic E-state index is 0.143. The van der Waals surface area contributed by atoms with Gasteiger partial charge in [-0.05, 0) is 18.8 Å². The third kappa shape index (κ3) is 4.21. The molecule has 1 aromatic heterocycles. The number of nitrogens with two attached hydrogens (primary N) is 1. The number of aryl methyl sites for hydroxylation is 1. The number of halogens is 1. The molecule has 0 saturated carbocycles. The lowest BCUT2D eigenvalue weighted by Crippen LogP contribution is -2.33. The maximum atomic E-state index is 12.0. The third-order valence-corrected chi connectivity index (χ3v) is 3.82. The topological polar surface area (TPSA) is 64.2 Å². The zero-order valence-electron chi connectivity index (χ0n) is 12.8. The first-order valence-electron chi connectivity index (χ1n) is 7.10. The van der Waals surface area contributed by atoms with Gasteiger partial charge < -0.3 is 10.6 Å². The molecular weight excluding hydrogens is 276 g/mol. The normalized spacial score (nSPS) is 12.8. The summed E-state index contributed by atoms with van der Waals surface area (Å²) in [6.07, 6.45) is 3.35. The lowest BCUT2D eigenvalue weighted by atomic mass is 10.0. The fourth-order valence-electron chi connectivity index (χ4n) is 1.89. The maximum absolute atomic E-state index is 12.0. The van der Waals surface area contributed by atoms with Crippen LogP contribution in [0, 0.1) is 5.92 Å². The number of anilines is 1. The van der Waals surface area contributed by atoms with Gasteiger partial charge in [0.15, 0.2) is 0 Å². The summed E-state index contributed by atoms with van der Waals surface area (Å²) in [7, 11) is 1.90. The predicted molar refractivity (Wildman–Crippen MR) is 84.5 cm³/mol.